The molecule has 0 unspecified atom stereocenters. The van der Waals surface area contributed by atoms with E-state index in [4.69, 9.17) is 0 Å². The monoisotopic (exact) mass is 240 g/mol. The summed E-state index contributed by atoms with van der Waals surface area (Å²) in [5.74, 6) is 1.06. The SMILES string of the molecule is CC1CCC(N(C)C(=O)CNC(C)(C)C)CC1. The lowest BCUT2D eigenvalue weighted by Crippen LogP contribution is -2.47. The fraction of sp³-hybridized carbons (Fsp3) is 0.929. The fourth-order valence-electron chi connectivity index (χ4n) is 2.30. The van der Waals surface area contributed by atoms with Gasteiger partial charge in [0.25, 0.3) is 0 Å². The van der Waals surface area contributed by atoms with E-state index in [1.165, 1.54) is 25.7 Å². The summed E-state index contributed by atoms with van der Waals surface area (Å²) >= 11 is 0. The number of nitrogens with zero attached hydrogens (tertiary/aromatic N) is 1. The average Bonchev–Trinajstić information content (AvgIpc) is 2.25. The van der Waals surface area contributed by atoms with E-state index in [0.29, 0.717) is 12.6 Å². The molecule has 17 heavy (non-hydrogen) atoms. The standard InChI is InChI=1S/C14H28N2O/c1-11-6-8-12(9-7-11)16(5)13(17)10-15-14(2,3)4/h11-12,15H,6-10H2,1-5H3. The fourth-order valence-corrected chi connectivity index (χ4v) is 2.30. The minimum Gasteiger partial charge on any atom is -0.342 e. The number of nitrogens with one attached hydrogen (secondary N) is 1. The van der Waals surface area contributed by atoms with Gasteiger partial charge in [-0.3, -0.25) is 4.79 Å². The zero-order chi connectivity index (χ0) is 13.1. The van der Waals surface area contributed by atoms with E-state index >= 15 is 0 Å². The first-order valence-corrected chi connectivity index (χ1v) is 6.80. The van der Waals surface area contributed by atoms with Gasteiger partial charge in [-0.05, 0) is 52.4 Å². The van der Waals surface area contributed by atoms with Crippen LogP contribution in [-0.2, 0) is 4.79 Å². The second-order valence-corrected chi connectivity index (χ2v) is 6.52. The van der Waals surface area contributed by atoms with Crippen LogP contribution in [0.25, 0.3) is 0 Å². The van der Waals surface area contributed by atoms with Crippen LogP contribution in [0, 0.1) is 5.92 Å². The lowest BCUT2D eigenvalue weighted by atomic mass is 9.87. The third-order valence-electron chi connectivity index (χ3n) is 3.70. The van der Waals surface area contributed by atoms with Gasteiger partial charge >= 0.3 is 0 Å². The van der Waals surface area contributed by atoms with Crippen LogP contribution in [0.2, 0.25) is 0 Å². The maximum atomic E-state index is 12.0. The molecule has 0 radical (unpaired) electrons. The average molecular weight is 240 g/mol. The van der Waals surface area contributed by atoms with Gasteiger partial charge in [-0.15, -0.1) is 0 Å². The molecule has 0 aromatic heterocycles. The zero-order valence-electron chi connectivity index (χ0n) is 12.0. The second-order valence-electron chi connectivity index (χ2n) is 6.52. The summed E-state index contributed by atoms with van der Waals surface area (Å²) in [5, 5.41) is 3.26. The minimum atomic E-state index is 0.0115. The Bertz CT molecular complexity index is 249. The van der Waals surface area contributed by atoms with Crippen molar-refractivity contribution in [3.63, 3.8) is 0 Å². The molecule has 0 spiro atoms. The molecule has 0 atom stereocenters. The maximum Gasteiger partial charge on any atom is 0.236 e. The van der Waals surface area contributed by atoms with Gasteiger partial charge in [-0.2, -0.15) is 0 Å². The summed E-state index contributed by atoms with van der Waals surface area (Å²) in [7, 11) is 1.95. The quantitative estimate of drug-likeness (QED) is 0.821. The summed E-state index contributed by atoms with van der Waals surface area (Å²) in [6.07, 6.45) is 4.85. The first-order valence-electron chi connectivity index (χ1n) is 6.80. The molecule has 0 aromatic rings. The Labute approximate surface area is 106 Å². The highest BCUT2D eigenvalue weighted by atomic mass is 16.2. The van der Waals surface area contributed by atoms with Crippen LogP contribution in [0.4, 0.5) is 0 Å². The summed E-state index contributed by atoms with van der Waals surface area (Å²) in [6, 6.07) is 0.459. The number of amides is 1. The highest BCUT2D eigenvalue weighted by Gasteiger charge is 2.25. The molecule has 1 fully saturated rings. The zero-order valence-corrected chi connectivity index (χ0v) is 12.0. The van der Waals surface area contributed by atoms with Crippen LogP contribution in [0.15, 0.2) is 0 Å². The van der Waals surface area contributed by atoms with Gasteiger partial charge in [0.15, 0.2) is 0 Å². The van der Waals surface area contributed by atoms with Crippen molar-refractivity contribution in [3.05, 3.63) is 0 Å². The van der Waals surface area contributed by atoms with Crippen molar-refractivity contribution in [1.82, 2.24) is 10.2 Å². The summed E-state index contributed by atoms with van der Waals surface area (Å²) in [5.41, 5.74) is 0.0115. The molecule has 1 aliphatic rings. The van der Waals surface area contributed by atoms with Crippen molar-refractivity contribution in [2.75, 3.05) is 13.6 Å². The molecule has 3 nitrogen and oxygen atoms in total. The van der Waals surface area contributed by atoms with Crippen LogP contribution in [-0.4, -0.2) is 36.0 Å². The largest absolute Gasteiger partial charge is 0.342 e. The first-order chi connectivity index (χ1) is 7.79. The van der Waals surface area contributed by atoms with Crippen molar-refractivity contribution in [1.29, 1.82) is 0 Å². The van der Waals surface area contributed by atoms with E-state index in [1.807, 2.05) is 11.9 Å². The predicted octanol–water partition coefficient (Wildman–Crippen LogP) is 2.41. The Hall–Kier alpha value is -0.570. The Morgan fingerprint density at radius 1 is 1.24 bits per heavy atom. The molecule has 1 aliphatic carbocycles. The molecule has 1 amide bonds. The molecule has 100 valence electrons. The van der Waals surface area contributed by atoms with Crippen molar-refractivity contribution < 1.29 is 4.79 Å². The summed E-state index contributed by atoms with van der Waals surface area (Å²) in [6.45, 7) is 9.01. The molecular formula is C14H28N2O. The van der Waals surface area contributed by atoms with Crippen LogP contribution >= 0.6 is 0 Å². The Morgan fingerprint density at radius 3 is 2.24 bits per heavy atom. The minimum absolute atomic E-state index is 0.0115. The first kappa shape index (κ1) is 14.5. The van der Waals surface area contributed by atoms with E-state index in [1.54, 1.807) is 0 Å². The molecule has 1 N–H and O–H groups in total. The molecule has 0 bridgehead atoms. The van der Waals surface area contributed by atoms with Crippen LogP contribution in [0.1, 0.15) is 53.4 Å². The third kappa shape index (κ3) is 5.07. The highest BCUT2D eigenvalue weighted by molar-refractivity contribution is 5.78. The van der Waals surface area contributed by atoms with E-state index in [9.17, 15) is 4.79 Å². The second kappa shape index (κ2) is 5.85. The number of hydrogen-bond donors (Lipinski definition) is 1. The normalized spacial score (nSPS) is 25.7. The van der Waals surface area contributed by atoms with Gasteiger partial charge in [0.2, 0.25) is 5.91 Å². The van der Waals surface area contributed by atoms with Crippen molar-refractivity contribution >= 4 is 5.91 Å². The molecule has 1 saturated carbocycles. The lowest BCUT2D eigenvalue weighted by molar-refractivity contribution is -0.132. The van der Waals surface area contributed by atoms with Gasteiger partial charge in [-0.1, -0.05) is 6.92 Å². The summed E-state index contributed by atoms with van der Waals surface area (Å²) in [4.78, 5) is 14.0. The van der Waals surface area contributed by atoms with Gasteiger partial charge in [0, 0.05) is 18.6 Å². The summed E-state index contributed by atoms with van der Waals surface area (Å²) < 4.78 is 0. The van der Waals surface area contributed by atoms with Crippen molar-refractivity contribution in [2.24, 2.45) is 5.92 Å². The van der Waals surface area contributed by atoms with Gasteiger partial charge in [-0.25, -0.2) is 0 Å². The molecule has 0 heterocycles. The van der Waals surface area contributed by atoms with Crippen molar-refractivity contribution in [2.45, 2.75) is 65.0 Å². The highest BCUT2D eigenvalue weighted by Crippen LogP contribution is 2.26. The number of rotatable bonds is 3. The van der Waals surface area contributed by atoms with E-state index < -0.39 is 0 Å². The maximum absolute atomic E-state index is 12.0. The Morgan fingerprint density at radius 2 is 1.76 bits per heavy atom. The Kier molecular flexibility index (Phi) is 4.99. The topological polar surface area (TPSA) is 32.3 Å². The van der Waals surface area contributed by atoms with Crippen LogP contribution < -0.4 is 5.32 Å². The molecular weight excluding hydrogens is 212 g/mol. The van der Waals surface area contributed by atoms with Gasteiger partial charge in [0.05, 0.1) is 6.54 Å². The molecule has 0 aromatic carbocycles. The van der Waals surface area contributed by atoms with Gasteiger partial charge in [0.1, 0.15) is 0 Å². The van der Waals surface area contributed by atoms with Crippen LogP contribution in [0.5, 0.6) is 0 Å². The molecule has 0 aliphatic heterocycles. The number of hydrogen-bond acceptors (Lipinski definition) is 2. The third-order valence-corrected chi connectivity index (χ3v) is 3.70. The lowest BCUT2D eigenvalue weighted by Gasteiger charge is -2.34. The Balaban J connectivity index is 2.36. The van der Waals surface area contributed by atoms with Crippen LogP contribution in [0.3, 0.4) is 0 Å². The number of likely N-dealkylation sites (N-methyl/N-ethyl adjacent to an activating group) is 1. The van der Waals surface area contributed by atoms with Crippen molar-refractivity contribution in [3.8, 4) is 0 Å². The van der Waals surface area contributed by atoms with E-state index in [0.717, 1.165) is 5.92 Å². The number of carbonyl (C=O) groups is 1. The smallest absolute Gasteiger partial charge is 0.236 e. The van der Waals surface area contributed by atoms with E-state index in [2.05, 4.69) is 33.0 Å². The van der Waals surface area contributed by atoms with Gasteiger partial charge < -0.3 is 10.2 Å². The molecule has 3 heteroatoms. The molecule has 0 saturated heterocycles. The number of carbonyl (C=O) groups excluding carboxylic acids is 1. The predicted molar refractivity (Wildman–Crippen MR) is 71.9 cm³/mol. The molecule has 1 rings (SSSR count). The van der Waals surface area contributed by atoms with E-state index in [-0.39, 0.29) is 11.4 Å².